The first-order valence-electron chi connectivity index (χ1n) is 10.9. The SMILES string of the molecule is CC(C(=O)NC(C)(C)c1cccc(C(F)(F)F)c1)n1nc(-c2ccc(Cl)cc2)n(C2CC2)c1=O. The first kappa shape index (κ1) is 24.1. The molecule has 34 heavy (non-hydrogen) atoms. The molecule has 0 spiro atoms. The van der Waals surface area contributed by atoms with Gasteiger partial charge >= 0.3 is 11.9 Å². The minimum absolute atomic E-state index is 0.0174. The summed E-state index contributed by atoms with van der Waals surface area (Å²) in [5.74, 6) is -0.0893. The number of rotatable bonds is 6. The molecule has 6 nitrogen and oxygen atoms in total. The molecule has 0 radical (unpaired) electrons. The summed E-state index contributed by atoms with van der Waals surface area (Å²) in [6.45, 7) is 4.75. The molecule has 1 amide bonds. The van der Waals surface area contributed by atoms with Crippen molar-refractivity contribution >= 4 is 17.5 Å². The van der Waals surface area contributed by atoms with E-state index in [9.17, 15) is 22.8 Å². The molecule has 1 heterocycles. The highest BCUT2D eigenvalue weighted by molar-refractivity contribution is 6.30. The van der Waals surface area contributed by atoms with Crippen LogP contribution in [0.25, 0.3) is 11.4 Å². The van der Waals surface area contributed by atoms with Crippen LogP contribution in [0.4, 0.5) is 13.2 Å². The molecule has 0 bridgehead atoms. The molecule has 4 rings (SSSR count). The first-order chi connectivity index (χ1) is 15.9. The van der Waals surface area contributed by atoms with Gasteiger partial charge in [0.1, 0.15) is 6.04 Å². The standard InChI is InChI=1S/C24H24ClF3N4O2/c1-14(21(33)29-23(2,3)16-5-4-6-17(13-16)24(26,27)28)32-22(34)31(19-11-12-19)20(30-32)15-7-9-18(25)10-8-15/h4-10,13-14,19H,11-12H2,1-3H3,(H,29,33). The topological polar surface area (TPSA) is 68.9 Å². The number of hydrogen-bond acceptors (Lipinski definition) is 3. The molecule has 1 unspecified atom stereocenters. The van der Waals surface area contributed by atoms with Crippen molar-refractivity contribution in [3.8, 4) is 11.4 Å². The van der Waals surface area contributed by atoms with E-state index in [0.29, 0.717) is 22.0 Å². The number of amides is 1. The Morgan fingerprint density at radius 2 is 1.74 bits per heavy atom. The van der Waals surface area contributed by atoms with Crippen molar-refractivity contribution in [2.75, 3.05) is 0 Å². The summed E-state index contributed by atoms with van der Waals surface area (Å²) < 4.78 is 42.1. The second-order valence-electron chi connectivity index (χ2n) is 9.03. The number of alkyl halides is 3. The smallest absolute Gasteiger partial charge is 0.345 e. The van der Waals surface area contributed by atoms with Crippen LogP contribution < -0.4 is 11.0 Å². The van der Waals surface area contributed by atoms with Crippen LogP contribution in [0.5, 0.6) is 0 Å². The predicted octanol–water partition coefficient (Wildman–Crippen LogP) is 5.33. The molecule has 1 atom stereocenters. The summed E-state index contributed by atoms with van der Waals surface area (Å²) in [5, 5.41) is 7.77. The third kappa shape index (κ3) is 4.75. The van der Waals surface area contributed by atoms with Crippen molar-refractivity contribution in [3.05, 3.63) is 75.2 Å². The van der Waals surface area contributed by atoms with Crippen LogP contribution in [0.15, 0.2) is 53.3 Å². The molecule has 1 N–H and O–H groups in total. The number of halogens is 4. The molecule has 1 saturated carbocycles. The number of carbonyl (C=O) groups is 1. The predicted molar refractivity (Wildman–Crippen MR) is 123 cm³/mol. The van der Waals surface area contributed by atoms with Gasteiger partial charge in [0, 0.05) is 16.6 Å². The Balaban J connectivity index is 1.62. The molecule has 3 aromatic rings. The quantitative estimate of drug-likeness (QED) is 0.505. The molecular weight excluding hydrogens is 469 g/mol. The van der Waals surface area contributed by atoms with E-state index in [2.05, 4.69) is 10.4 Å². The fourth-order valence-corrected chi connectivity index (χ4v) is 3.91. The summed E-state index contributed by atoms with van der Waals surface area (Å²) >= 11 is 5.98. The summed E-state index contributed by atoms with van der Waals surface area (Å²) in [5.41, 5.74) is -1.34. The van der Waals surface area contributed by atoms with Gasteiger partial charge in [-0.2, -0.15) is 13.2 Å². The van der Waals surface area contributed by atoms with Gasteiger partial charge in [-0.15, -0.1) is 5.10 Å². The van der Waals surface area contributed by atoms with Gasteiger partial charge in [0.15, 0.2) is 5.82 Å². The number of nitrogens with one attached hydrogen (secondary N) is 1. The number of aromatic nitrogens is 3. The fraction of sp³-hybridized carbons (Fsp3) is 0.375. The van der Waals surface area contributed by atoms with Crippen LogP contribution >= 0.6 is 11.6 Å². The van der Waals surface area contributed by atoms with Crippen LogP contribution in [0.2, 0.25) is 5.02 Å². The van der Waals surface area contributed by atoms with Gasteiger partial charge in [0.2, 0.25) is 5.91 Å². The molecule has 1 fully saturated rings. The average Bonchev–Trinajstić information content (AvgIpc) is 3.55. The Labute approximate surface area is 199 Å². The molecule has 180 valence electrons. The Hall–Kier alpha value is -3.07. The van der Waals surface area contributed by atoms with Crippen LogP contribution in [0.1, 0.15) is 56.8 Å². The van der Waals surface area contributed by atoms with E-state index < -0.39 is 34.9 Å². The minimum Gasteiger partial charge on any atom is -0.345 e. The van der Waals surface area contributed by atoms with Crippen LogP contribution in [-0.2, 0) is 16.5 Å². The van der Waals surface area contributed by atoms with Gasteiger partial charge in [-0.05, 0) is 75.6 Å². The van der Waals surface area contributed by atoms with E-state index in [1.54, 1.807) is 42.7 Å². The minimum atomic E-state index is -4.50. The summed E-state index contributed by atoms with van der Waals surface area (Å²) in [4.78, 5) is 26.3. The van der Waals surface area contributed by atoms with E-state index in [1.165, 1.54) is 19.1 Å². The Morgan fingerprint density at radius 1 is 1.12 bits per heavy atom. The number of nitrogens with zero attached hydrogens (tertiary/aromatic N) is 3. The third-order valence-electron chi connectivity index (χ3n) is 5.94. The van der Waals surface area contributed by atoms with E-state index in [1.807, 2.05) is 0 Å². The maximum Gasteiger partial charge on any atom is 0.416 e. The van der Waals surface area contributed by atoms with Crippen LogP contribution in [-0.4, -0.2) is 20.3 Å². The zero-order chi connectivity index (χ0) is 24.8. The third-order valence-corrected chi connectivity index (χ3v) is 6.19. The lowest BCUT2D eigenvalue weighted by Crippen LogP contribution is -2.45. The molecule has 10 heteroatoms. The highest BCUT2D eigenvalue weighted by atomic mass is 35.5. The molecule has 1 aliphatic rings. The number of hydrogen-bond donors (Lipinski definition) is 1. The summed E-state index contributed by atoms with van der Waals surface area (Å²) in [7, 11) is 0. The lowest BCUT2D eigenvalue weighted by Gasteiger charge is -2.29. The Bertz CT molecular complexity index is 1270. The van der Waals surface area contributed by atoms with Gasteiger partial charge in [-0.3, -0.25) is 9.36 Å². The molecular formula is C24H24ClF3N4O2. The van der Waals surface area contributed by atoms with Crippen molar-refractivity contribution in [1.29, 1.82) is 0 Å². The highest BCUT2D eigenvalue weighted by Crippen LogP contribution is 2.37. The van der Waals surface area contributed by atoms with Crippen LogP contribution in [0, 0.1) is 0 Å². The summed E-state index contributed by atoms with van der Waals surface area (Å²) in [6, 6.07) is 10.8. The Morgan fingerprint density at radius 3 is 2.32 bits per heavy atom. The fourth-order valence-electron chi connectivity index (χ4n) is 3.78. The van der Waals surface area contributed by atoms with E-state index >= 15 is 0 Å². The van der Waals surface area contributed by atoms with Gasteiger partial charge in [-0.25, -0.2) is 9.48 Å². The molecule has 0 aliphatic heterocycles. The molecule has 0 saturated heterocycles. The number of carbonyl (C=O) groups excluding carboxylic acids is 1. The van der Waals surface area contributed by atoms with E-state index in [4.69, 9.17) is 11.6 Å². The second-order valence-corrected chi connectivity index (χ2v) is 9.46. The van der Waals surface area contributed by atoms with Crippen molar-refractivity contribution in [3.63, 3.8) is 0 Å². The van der Waals surface area contributed by atoms with Gasteiger partial charge in [0.25, 0.3) is 0 Å². The Kier molecular flexibility index (Phi) is 6.10. The number of benzene rings is 2. The lowest BCUT2D eigenvalue weighted by molar-refractivity contribution is -0.137. The van der Waals surface area contributed by atoms with Crippen molar-refractivity contribution in [2.24, 2.45) is 0 Å². The normalized spacial score (nSPS) is 15.3. The van der Waals surface area contributed by atoms with E-state index in [0.717, 1.165) is 29.7 Å². The lowest BCUT2D eigenvalue weighted by atomic mass is 9.92. The monoisotopic (exact) mass is 492 g/mol. The van der Waals surface area contributed by atoms with Crippen molar-refractivity contribution < 1.29 is 18.0 Å². The van der Waals surface area contributed by atoms with Gasteiger partial charge in [-0.1, -0.05) is 23.7 Å². The van der Waals surface area contributed by atoms with Crippen molar-refractivity contribution in [1.82, 2.24) is 19.7 Å². The average molecular weight is 493 g/mol. The van der Waals surface area contributed by atoms with Crippen molar-refractivity contribution in [2.45, 2.75) is 57.4 Å². The maximum absolute atomic E-state index is 13.2. The van der Waals surface area contributed by atoms with Gasteiger partial charge < -0.3 is 5.32 Å². The molecule has 2 aromatic carbocycles. The maximum atomic E-state index is 13.2. The molecule has 1 aromatic heterocycles. The largest absolute Gasteiger partial charge is 0.416 e. The zero-order valence-corrected chi connectivity index (χ0v) is 19.6. The van der Waals surface area contributed by atoms with Gasteiger partial charge in [0.05, 0.1) is 11.1 Å². The van der Waals surface area contributed by atoms with Crippen LogP contribution in [0.3, 0.4) is 0 Å². The first-order valence-corrected chi connectivity index (χ1v) is 11.2. The zero-order valence-electron chi connectivity index (χ0n) is 18.9. The molecule has 1 aliphatic carbocycles. The summed E-state index contributed by atoms with van der Waals surface area (Å²) in [6.07, 6.45) is -2.81. The highest BCUT2D eigenvalue weighted by Gasteiger charge is 2.35. The second kappa shape index (κ2) is 8.61. The van der Waals surface area contributed by atoms with E-state index in [-0.39, 0.29) is 6.04 Å².